The zero-order chi connectivity index (χ0) is 24.6. The number of rotatable bonds is 4. The van der Waals surface area contributed by atoms with Crippen LogP contribution in [0.4, 0.5) is 23.4 Å². The van der Waals surface area contributed by atoms with Crippen LogP contribution in [0.5, 0.6) is 0 Å². The molecular weight excluding hydrogens is 462 g/mol. The van der Waals surface area contributed by atoms with E-state index in [1.54, 1.807) is 4.90 Å². The lowest BCUT2D eigenvalue weighted by molar-refractivity contribution is -0.173. The number of amides is 1. The lowest BCUT2D eigenvalue weighted by atomic mass is 9.97. The Morgan fingerprint density at radius 2 is 1.69 bits per heavy atom. The average Bonchev–Trinajstić information content (AvgIpc) is 3.28. The summed E-state index contributed by atoms with van der Waals surface area (Å²) < 4.78 is 55.9. The standard InChI is InChI=1S/C25H25F4N5O/c26-19-8-6-18(7-9-19)20-14-22(25(27,28)29)34-23(30-20)15-21(31-34)24(35)33-12-10-32(11-13-33)16-17-4-2-1-3-5-17/h1-9,15,20,22,30H,10-14,16H2. The summed E-state index contributed by atoms with van der Waals surface area (Å²) in [6.45, 7) is 3.07. The smallest absolute Gasteiger partial charge is 0.363 e. The molecule has 5 rings (SSSR count). The van der Waals surface area contributed by atoms with Crippen molar-refractivity contribution in [2.75, 3.05) is 31.5 Å². The summed E-state index contributed by atoms with van der Waals surface area (Å²) in [6, 6.07) is 14.2. The molecule has 1 saturated heterocycles. The number of hydrogen-bond donors (Lipinski definition) is 1. The Kier molecular flexibility index (Phi) is 6.22. The first kappa shape index (κ1) is 23.3. The van der Waals surface area contributed by atoms with E-state index < -0.39 is 24.1 Å². The number of nitrogens with zero attached hydrogens (tertiary/aromatic N) is 4. The molecule has 2 aliphatic heterocycles. The molecule has 2 aliphatic rings. The van der Waals surface area contributed by atoms with Gasteiger partial charge >= 0.3 is 6.18 Å². The predicted octanol–water partition coefficient (Wildman–Crippen LogP) is 4.64. The number of aromatic nitrogens is 2. The monoisotopic (exact) mass is 487 g/mol. The third kappa shape index (κ3) is 5.02. The molecule has 0 saturated carbocycles. The van der Waals surface area contributed by atoms with Crippen molar-refractivity contribution < 1.29 is 22.4 Å². The first-order valence-corrected chi connectivity index (χ1v) is 11.5. The summed E-state index contributed by atoms with van der Waals surface area (Å²) >= 11 is 0. The Hall–Kier alpha value is -3.40. The van der Waals surface area contributed by atoms with Crippen molar-refractivity contribution >= 4 is 11.7 Å². The van der Waals surface area contributed by atoms with E-state index in [-0.39, 0.29) is 23.8 Å². The van der Waals surface area contributed by atoms with Gasteiger partial charge in [-0.2, -0.15) is 18.3 Å². The second kappa shape index (κ2) is 9.33. The van der Waals surface area contributed by atoms with E-state index in [1.807, 2.05) is 18.2 Å². The highest BCUT2D eigenvalue weighted by molar-refractivity contribution is 5.93. The number of hydrogen-bond acceptors (Lipinski definition) is 4. The normalized spacial score (nSPS) is 20.9. The van der Waals surface area contributed by atoms with Crippen molar-refractivity contribution in [2.24, 2.45) is 0 Å². The SMILES string of the molecule is O=C(c1cc2n(n1)C(C(F)(F)F)CC(c1ccc(F)cc1)N2)N1CCN(Cc2ccccc2)CC1. The molecule has 0 aliphatic carbocycles. The van der Waals surface area contributed by atoms with E-state index in [2.05, 4.69) is 27.4 Å². The summed E-state index contributed by atoms with van der Waals surface area (Å²) in [4.78, 5) is 17.0. The number of halogens is 4. The zero-order valence-corrected chi connectivity index (χ0v) is 18.9. The van der Waals surface area contributed by atoms with Crippen molar-refractivity contribution in [3.8, 4) is 0 Å². The minimum absolute atomic E-state index is 0.0157. The van der Waals surface area contributed by atoms with Gasteiger partial charge in [-0.3, -0.25) is 9.69 Å². The van der Waals surface area contributed by atoms with Gasteiger partial charge in [0.1, 0.15) is 11.6 Å². The van der Waals surface area contributed by atoms with Crippen LogP contribution in [0.1, 0.15) is 40.1 Å². The number of alkyl halides is 3. The second-order valence-electron chi connectivity index (χ2n) is 8.95. The van der Waals surface area contributed by atoms with E-state index in [1.165, 1.54) is 35.9 Å². The van der Waals surface area contributed by atoms with E-state index in [0.29, 0.717) is 31.7 Å². The molecule has 1 amide bonds. The van der Waals surface area contributed by atoms with E-state index in [0.717, 1.165) is 11.2 Å². The van der Waals surface area contributed by atoms with Gasteiger partial charge in [-0.05, 0) is 23.3 Å². The molecular formula is C25H25F4N5O. The molecule has 1 fully saturated rings. The molecule has 3 aromatic rings. The maximum Gasteiger partial charge on any atom is 0.410 e. The van der Waals surface area contributed by atoms with Crippen molar-refractivity contribution in [1.82, 2.24) is 19.6 Å². The van der Waals surface area contributed by atoms with Crippen LogP contribution in [0.25, 0.3) is 0 Å². The molecule has 1 aromatic heterocycles. The lowest BCUT2D eigenvalue weighted by Gasteiger charge is -2.34. The number of carbonyl (C=O) groups is 1. The number of carbonyl (C=O) groups excluding carboxylic acids is 1. The zero-order valence-electron chi connectivity index (χ0n) is 18.9. The molecule has 0 spiro atoms. The van der Waals surface area contributed by atoms with Crippen LogP contribution in [0.3, 0.4) is 0 Å². The fourth-order valence-corrected chi connectivity index (χ4v) is 4.70. The Morgan fingerprint density at radius 1 is 1.00 bits per heavy atom. The molecule has 10 heteroatoms. The minimum Gasteiger partial charge on any atom is -0.363 e. The molecule has 2 unspecified atom stereocenters. The maximum atomic E-state index is 13.9. The minimum atomic E-state index is -4.55. The highest BCUT2D eigenvalue weighted by Crippen LogP contribution is 2.43. The molecule has 35 heavy (non-hydrogen) atoms. The molecule has 0 radical (unpaired) electrons. The number of anilines is 1. The van der Waals surface area contributed by atoms with Crippen molar-refractivity contribution in [3.05, 3.63) is 83.3 Å². The molecule has 0 bridgehead atoms. The first-order chi connectivity index (χ1) is 16.8. The molecule has 2 aromatic carbocycles. The second-order valence-corrected chi connectivity index (χ2v) is 8.95. The van der Waals surface area contributed by atoms with Crippen LogP contribution in [-0.4, -0.2) is 57.8 Å². The fraction of sp³-hybridized carbons (Fsp3) is 0.360. The fourth-order valence-electron chi connectivity index (χ4n) is 4.70. The Bertz CT molecular complexity index is 1170. The first-order valence-electron chi connectivity index (χ1n) is 11.5. The third-order valence-electron chi connectivity index (χ3n) is 6.59. The van der Waals surface area contributed by atoms with Gasteiger partial charge in [0.2, 0.25) is 0 Å². The molecule has 6 nitrogen and oxygen atoms in total. The highest BCUT2D eigenvalue weighted by Gasteiger charge is 2.47. The van der Waals surface area contributed by atoms with Gasteiger partial charge in [-0.1, -0.05) is 42.5 Å². The van der Waals surface area contributed by atoms with Gasteiger partial charge in [-0.15, -0.1) is 0 Å². The van der Waals surface area contributed by atoms with Crippen LogP contribution < -0.4 is 5.32 Å². The van der Waals surface area contributed by atoms with Gasteiger partial charge in [0.05, 0.1) is 6.04 Å². The van der Waals surface area contributed by atoms with Crippen LogP contribution in [0.15, 0.2) is 60.7 Å². The van der Waals surface area contributed by atoms with Crippen molar-refractivity contribution in [1.29, 1.82) is 0 Å². The van der Waals surface area contributed by atoms with E-state index in [4.69, 9.17) is 0 Å². The predicted molar refractivity (Wildman–Crippen MR) is 122 cm³/mol. The lowest BCUT2D eigenvalue weighted by Crippen LogP contribution is -2.48. The summed E-state index contributed by atoms with van der Waals surface area (Å²) in [5, 5.41) is 7.12. The van der Waals surface area contributed by atoms with Crippen LogP contribution >= 0.6 is 0 Å². The largest absolute Gasteiger partial charge is 0.410 e. The van der Waals surface area contributed by atoms with Crippen molar-refractivity contribution in [3.63, 3.8) is 0 Å². The number of piperazine rings is 1. The average molecular weight is 488 g/mol. The summed E-state index contributed by atoms with van der Waals surface area (Å²) in [5.74, 6) is -0.718. The van der Waals surface area contributed by atoms with Gasteiger partial charge in [0.15, 0.2) is 11.7 Å². The van der Waals surface area contributed by atoms with Gasteiger partial charge < -0.3 is 10.2 Å². The van der Waals surface area contributed by atoms with Crippen molar-refractivity contribution in [2.45, 2.75) is 31.2 Å². The highest BCUT2D eigenvalue weighted by atomic mass is 19.4. The summed E-state index contributed by atoms with van der Waals surface area (Å²) in [5.41, 5.74) is 1.71. The number of fused-ring (bicyclic) bond motifs is 1. The summed E-state index contributed by atoms with van der Waals surface area (Å²) in [6.07, 6.45) is -4.86. The summed E-state index contributed by atoms with van der Waals surface area (Å²) in [7, 11) is 0. The Labute approximate surface area is 200 Å². The van der Waals surface area contributed by atoms with Gasteiger partial charge in [0.25, 0.3) is 5.91 Å². The van der Waals surface area contributed by atoms with Gasteiger partial charge in [0, 0.05) is 45.2 Å². The van der Waals surface area contributed by atoms with E-state index >= 15 is 0 Å². The molecule has 2 atom stereocenters. The maximum absolute atomic E-state index is 13.9. The third-order valence-corrected chi connectivity index (χ3v) is 6.59. The Morgan fingerprint density at radius 3 is 2.34 bits per heavy atom. The number of nitrogens with one attached hydrogen (secondary N) is 1. The molecule has 3 heterocycles. The van der Waals surface area contributed by atoms with Crippen LogP contribution in [0.2, 0.25) is 0 Å². The topological polar surface area (TPSA) is 53.4 Å². The van der Waals surface area contributed by atoms with Gasteiger partial charge in [-0.25, -0.2) is 9.07 Å². The van der Waals surface area contributed by atoms with Crippen LogP contribution in [0, 0.1) is 5.82 Å². The Balaban J connectivity index is 1.30. The molecule has 1 N–H and O–H groups in total. The quantitative estimate of drug-likeness (QED) is 0.545. The van der Waals surface area contributed by atoms with E-state index in [9.17, 15) is 22.4 Å². The van der Waals surface area contributed by atoms with Crippen LogP contribution in [-0.2, 0) is 6.54 Å². The molecule has 184 valence electrons. The number of benzene rings is 2.